The number of aromatic amines is 1. The highest BCUT2D eigenvalue weighted by Gasteiger charge is 2.42. The quantitative estimate of drug-likeness (QED) is 0.830. The van der Waals surface area contributed by atoms with Gasteiger partial charge in [-0.1, -0.05) is 13.3 Å². The third kappa shape index (κ3) is 2.88. The van der Waals surface area contributed by atoms with Gasteiger partial charge < -0.3 is 15.0 Å². The van der Waals surface area contributed by atoms with E-state index in [1.807, 2.05) is 6.92 Å². The molecule has 0 saturated carbocycles. The van der Waals surface area contributed by atoms with Crippen LogP contribution in [0.2, 0.25) is 0 Å². The number of hydrogen-bond acceptors (Lipinski definition) is 2. The van der Waals surface area contributed by atoms with Crippen LogP contribution >= 0.6 is 0 Å². The molecule has 0 aliphatic carbocycles. The van der Waals surface area contributed by atoms with E-state index in [0.29, 0.717) is 37.0 Å². The molecule has 2 aromatic rings. The molecule has 3 rings (SSSR count). The Kier molecular flexibility index (Phi) is 4.30. The van der Waals surface area contributed by atoms with Gasteiger partial charge in [-0.05, 0) is 43.5 Å². The number of halogens is 1. The average molecular weight is 332 g/mol. The molecular weight excluding hydrogens is 311 g/mol. The second-order valence-electron chi connectivity index (χ2n) is 6.54. The number of benzene rings is 1. The average Bonchev–Trinajstić information content (AvgIpc) is 2.97. The summed E-state index contributed by atoms with van der Waals surface area (Å²) >= 11 is 0. The van der Waals surface area contributed by atoms with Gasteiger partial charge >= 0.3 is 6.09 Å². The van der Waals surface area contributed by atoms with Gasteiger partial charge in [0.05, 0.1) is 5.69 Å². The summed E-state index contributed by atoms with van der Waals surface area (Å²) in [7, 11) is 0. The van der Waals surface area contributed by atoms with Crippen LogP contribution in [0.5, 0.6) is 0 Å². The molecule has 5 nitrogen and oxygen atoms in total. The molecule has 128 valence electrons. The lowest BCUT2D eigenvalue weighted by Crippen LogP contribution is -2.46. The van der Waals surface area contributed by atoms with Crippen molar-refractivity contribution in [2.24, 2.45) is 5.41 Å². The lowest BCUT2D eigenvalue weighted by molar-refractivity contribution is 0.0549. The summed E-state index contributed by atoms with van der Waals surface area (Å²) in [5, 5.41) is 9.79. The summed E-state index contributed by atoms with van der Waals surface area (Å²) in [6.07, 6.45) is 1.69. The maximum atomic E-state index is 13.4. The van der Waals surface area contributed by atoms with Crippen LogP contribution in [0.3, 0.4) is 0 Å². The lowest BCUT2D eigenvalue weighted by Gasteiger charge is -2.39. The molecule has 1 aromatic heterocycles. The van der Waals surface area contributed by atoms with Crippen molar-refractivity contribution in [2.75, 3.05) is 13.1 Å². The summed E-state index contributed by atoms with van der Waals surface area (Å²) in [5.41, 5.74) is 0.669. The first-order valence-electron chi connectivity index (χ1n) is 8.26. The fraction of sp³-hybridized carbons (Fsp3) is 0.444. The Hall–Kier alpha value is -2.37. The third-order valence-corrected chi connectivity index (χ3v) is 5.03. The molecule has 1 aromatic carbocycles. The normalized spacial score (nSPS) is 17.2. The Morgan fingerprint density at radius 2 is 2.00 bits per heavy atom. The van der Waals surface area contributed by atoms with Gasteiger partial charge in [0.25, 0.3) is 0 Å². The van der Waals surface area contributed by atoms with Crippen LogP contribution in [-0.2, 0) is 0 Å². The second kappa shape index (κ2) is 6.26. The SMILES string of the molecule is CCCC1(C(=O)c2cc3cc(F)ccc3[nH]2)CCN(C(=O)O)CC1. The topological polar surface area (TPSA) is 73.4 Å². The molecule has 0 bridgehead atoms. The molecular formula is C18H21FN2O3. The zero-order valence-corrected chi connectivity index (χ0v) is 13.6. The zero-order chi connectivity index (χ0) is 17.3. The maximum absolute atomic E-state index is 13.4. The number of fused-ring (bicyclic) bond motifs is 1. The highest BCUT2D eigenvalue weighted by atomic mass is 19.1. The number of ketones is 1. The Balaban J connectivity index is 1.90. The van der Waals surface area contributed by atoms with Gasteiger partial charge in [0, 0.05) is 29.4 Å². The van der Waals surface area contributed by atoms with Crippen molar-refractivity contribution in [3.8, 4) is 0 Å². The molecule has 1 amide bonds. The van der Waals surface area contributed by atoms with Crippen LogP contribution < -0.4 is 0 Å². The van der Waals surface area contributed by atoms with Crippen LogP contribution in [0.4, 0.5) is 9.18 Å². The predicted molar refractivity (Wildman–Crippen MR) is 88.8 cm³/mol. The number of carbonyl (C=O) groups is 2. The second-order valence-corrected chi connectivity index (χ2v) is 6.54. The Morgan fingerprint density at radius 3 is 2.62 bits per heavy atom. The van der Waals surface area contributed by atoms with Gasteiger partial charge in [0.2, 0.25) is 0 Å². The van der Waals surface area contributed by atoms with Gasteiger partial charge in [-0.25, -0.2) is 9.18 Å². The molecule has 2 N–H and O–H groups in total. The summed E-state index contributed by atoms with van der Waals surface area (Å²) in [6, 6.07) is 6.09. The van der Waals surface area contributed by atoms with Gasteiger partial charge in [-0.2, -0.15) is 0 Å². The number of aromatic nitrogens is 1. The van der Waals surface area contributed by atoms with Crippen molar-refractivity contribution in [3.63, 3.8) is 0 Å². The highest BCUT2D eigenvalue weighted by molar-refractivity contribution is 6.03. The summed E-state index contributed by atoms with van der Waals surface area (Å²) in [4.78, 5) is 28.7. The first-order valence-corrected chi connectivity index (χ1v) is 8.26. The van der Waals surface area contributed by atoms with E-state index in [9.17, 15) is 14.0 Å². The first kappa shape index (κ1) is 16.5. The molecule has 2 heterocycles. The zero-order valence-electron chi connectivity index (χ0n) is 13.6. The van der Waals surface area contributed by atoms with Gasteiger partial charge in [-0.15, -0.1) is 0 Å². The summed E-state index contributed by atoms with van der Waals surface area (Å²) < 4.78 is 13.4. The Labute approximate surface area is 139 Å². The summed E-state index contributed by atoms with van der Waals surface area (Å²) in [6.45, 7) is 2.77. The number of carbonyl (C=O) groups excluding carboxylic acids is 1. The fourth-order valence-electron chi connectivity index (χ4n) is 3.71. The number of likely N-dealkylation sites (tertiary alicyclic amines) is 1. The number of hydrogen-bond donors (Lipinski definition) is 2. The van der Waals surface area contributed by atoms with E-state index in [4.69, 9.17) is 5.11 Å². The molecule has 1 fully saturated rings. The minimum Gasteiger partial charge on any atom is -0.465 e. The van der Waals surface area contributed by atoms with Crippen LogP contribution in [-0.4, -0.2) is 40.0 Å². The minimum absolute atomic E-state index is 0.00555. The highest BCUT2D eigenvalue weighted by Crippen LogP contribution is 2.39. The van der Waals surface area contributed by atoms with Crippen molar-refractivity contribution in [1.82, 2.24) is 9.88 Å². The molecule has 0 spiro atoms. The third-order valence-electron chi connectivity index (χ3n) is 5.03. The van der Waals surface area contributed by atoms with Crippen LogP contribution in [0.1, 0.15) is 43.1 Å². The molecule has 0 unspecified atom stereocenters. The first-order chi connectivity index (χ1) is 11.4. The molecule has 1 saturated heterocycles. The number of amides is 1. The smallest absolute Gasteiger partial charge is 0.407 e. The number of piperidine rings is 1. The largest absolute Gasteiger partial charge is 0.465 e. The van der Waals surface area contributed by atoms with E-state index in [2.05, 4.69) is 4.98 Å². The van der Waals surface area contributed by atoms with E-state index in [0.717, 1.165) is 18.4 Å². The molecule has 0 atom stereocenters. The number of carboxylic acid groups (broad SMARTS) is 1. The molecule has 24 heavy (non-hydrogen) atoms. The van der Waals surface area contributed by atoms with Gasteiger partial charge in [0.15, 0.2) is 5.78 Å². The van der Waals surface area contributed by atoms with E-state index in [-0.39, 0.29) is 11.6 Å². The van der Waals surface area contributed by atoms with E-state index >= 15 is 0 Å². The van der Waals surface area contributed by atoms with Crippen molar-refractivity contribution in [1.29, 1.82) is 0 Å². The number of nitrogens with one attached hydrogen (secondary N) is 1. The number of nitrogens with zero attached hydrogens (tertiary/aromatic N) is 1. The number of rotatable bonds is 4. The number of Topliss-reactive ketones (excluding diaryl/α,β-unsaturated/α-hetero) is 1. The molecule has 1 aliphatic rings. The van der Waals surface area contributed by atoms with Crippen molar-refractivity contribution in [2.45, 2.75) is 32.6 Å². The van der Waals surface area contributed by atoms with Crippen LogP contribution in [0.15, 0.2) is 24.3 Å². The Morgan fingerprint density at radius 1 is 1.29 bits per heavy atom. The monoisotopic (exact) mass is 332 g/mol. The van der Waals surface area contributed by atoms with E-state index in [1.54, 1.807) is 12.1 Å². The van der Waals surface area contributed by atoms with Crippen molar-refractivity contribution >= 4 is 22.8 Å². The molecule has 1 aliphatic heterocycles. The van der Waals surface area contributed by atoms with Gasteiger partial charge in [-0.3, -0.25) is 4.79 Å². The standard InChI is InChI=1S/C18H21FN2O3/c1-2-5-18(6-8-21(9-7-18)17(23)24)16(22)15-11-12-10-13(19)3-4-14(12)20-15/h3-4,10-11,20H,2,5-9H2,1H3,(H,23,24). The number of H-pyrrole nitrogens is 1. The van der Waals surface area contributed by atoms with Gasteiger partial charge in [0.1, 0.15) is 5.82 Å². The molecule has 6 heteroatoms. The van der Waals surface area contributed by atoms with Crippen LogP contribution in [0, 0.1) is 11.2 Å². The maximum Gasteiger partial charge on any atom is 0.407 e. The minimum atomic E-state index is -0.936. The van der Waals surface area contributed by atoms with Crippen LogP contribution in [0.25, 0.3) is 10.9 Å². The van der Waals surface area contributed by atoms with E-state index in [1.165, 1.54) is 17.0 Å². The molecule has 0 radical (unpaired) electrons. The van der Waals surface area contributed by atoms with Crippen molar-refractivity contribution in [3.05, 3.63) is 35.8 Å². The summed E-state index contributed by atoms with van der Waals surface area (Å²) in [5.74, 6) is -0.329. The predicted octanol–water partition coefficient (Wildman–Crippen LogP) is 4.05. The fourth-order valence-corrected chi connectivity index (χ4v) is 3.71. The Bertz CT molecular complexity index is 776. The van der Waals surface area contributed by atoms with E-state index < -0.39 is 11.5 Å². The van der Waals surface area contributed by atoms with Crippen molar-refractivity contribution < 1.29 is 19.1 Å². The lowest BCUT2D eigenvalue weighted by atomic mass is 9.71.